The lowest BCUT2D eigenvalue weighted by Gasteiger charge is -2.21. The summed E-state index contributed by atoms with van der Waals surface area (Å²) < 4.78 is 4.53. The Balaban J connectivity index is 1.58. The summed E-state index contributed by atoms with van der Waals surface area (Å²) in [6.45, 7) is 10.5. The molecule has 0 fully saturated rings. The van der Waals surface area contributed by atoms with Gasteiger partial charge in [0.2, 0.25) is 0 Å². The zero-order valence-corrected chi connectivity index (χ0v) is 27.1. The number of nitriles is 2. The summed E-state index contributed by atoms with van der Waals surface area (Å²) in [6.07, 6.45) is 0. The Morgan fingerprint density at radius 3 is 1.32 bits per heavy atom. The van der Waals surface area contributed by atoms with Gasteiger partial charge in [0.25, 0.3) is 0 Å². The topological polar surface area (TPSA) is 57.4 Å². The maximum atomic E-state index is 11.3. The normalized spacial score (nSPS) is 11.5. The molecule has 2 aromatic heterocycles. The molecule has 224 valence electrons. The number of rotatable bonds is 3. The van der Waals surface area contributed by atoms with Crippen LogP contribution in [-0.4, -0.2) is 9.13 Å². The average molecular weight is 605 g/mol. The van der Waals surface area contributed by atoms with Crippen LogP contribution in [-0.2, 0) is 0 Å². The van der Waals surface area contributed by atoms with Crippen LogP contribution < -0.4 is 0 Å². The molecule has 0 radical (unpaired) electrons. The molecular formula is C43H32N4. The number of benzene rings is 6. The van der Waals surface area contributed by atoms with Crippen molar-refractivity contribution >= 4 is 43.6 Å². The highest BCUT2D eigenvalue weighted by Crippen LogP contribution is 2.43. The quantitative estimate of drug-likeness (QED) is 0.201. The fourth-order valence-electron chi connectivity index (χ4n) is 7.36. The molecule has 0 saturated carbocycles. The highest BCUT2D eigenvalue weighted by atomic mass is 15.0. The number of fused-ring (bicyclic) bond motifs is 6. The van der Waals surface area contributed by atoms with Crippen molar-refractivity contribution in [1.29, 1.82) is 10.5 Å². The molecular weight excluding hydrogens is 573 g/mol. The van der Waals surface area contributed by atoms with Gasteiger partial charge in [0, 0.05) is 27.1 Å². The highest BCUT2D eigenvalue weighted by Gasteiger charge is 2.25. The Labute approximate surface area is 274 Å². The average Bonchev–Trinajstić information content (AvgIpc) is 3.54. The minimum Gasteiger partial charge on any atom is -0.308 e. The summed E-state index contributed by atoms with van der Waals surface area (Å²) in [5.74, 6) is 0. The van der Waals surface area contributed by atoms with Crippen molar-refractivity contribution in [1.82, 2.24) is 9.13 Å². The summed E-state index contributed by atoms with van der Waals surface area (Å²) in [5.41, 5.74) is 14.8. The molecule has 0 amide bonds. The molecule has 0 N–H and O–H groups in total. The summed E-state index contributed by atoms with van der Waals surface area (Å²) in [6, 6.07) is 41.3. The molecule has 8 aromatic rings. The molecule has 0 saturated heterocycles. The number of nitrogens with zero attached hydrogens (tertiary/aromatic N) is 4. The highest BCUT2D eigenvalue weighted by molar-refractivity contribution is 6.12. The molecule has 6 aromatic carbocycles. The number of aryl methyl sites for hydroxylation is 5. The summed E-state index contributed by atoms with van der Waals surface area (Å²) in [5, 5.41) is 25.6. The van der Waals surface area contributed by atoms with Crippen molar-refractivity contribution < 1.29 is 0 Å². The lowest BCUT2D eigenvalue weighted by molar-refractivity contribution is 1.12. The van der Waals surface area contributed by atoms with Gasteiger partial charge in [0.05, 0.1) is 45.1 Å². The van der Waals surface area contributed by atoms with Crippen molar-refractivity contribution in [2.75, 3.05) is 0 Å². The van der Waals surface area contributed by atoms with Crippen LogP contribution in [0, 0.1) is 57.3 Å². The van der Waals surface area contributed by atoms with Gasteiger partial charge >= 0.3 is 0 Å². The Bertz CT molecular complexity index is 2580. The number of hydrogen-bond donors (Lipinski definition) is 0. The minimum absolute atomic E-state index is 0.589. The Kier molecular flexibility index (Phi) is 6.33. The van der Waals surface area contributed by atoms with Crippen LogP contribution in [0.2, 0.25) is 0 Å². The predicted octanol–water partition coefficient (Wildman–Crippen LogP) is 10.8. The largest absolute Gasteiger partial charge is 0.308 e. The Morgan fingerprint density at radius 1 is 0.447 bits per heavy atom. The summed E-state index contributed by atoms with van der Waals surface area (Å²) in [7, 11) is 0. The SMILES string of the molecule is Cc1ccc2c(c1)c1cc(C)ccc1n2-c1ccc(-c2ccc(C#N)cc2C)c(-n2c3ccc(C)cc3c3cc(C)ccc32)c1C#N. The molecule has 0 aliphatic carbocycles. The summed E-state index contributed by atoms with van der Waals surface area (Å²) in [4.78, 5) is 0. The second kappa shape index (κ2) is 10.5. The van der Waals surface area contributed by atoms with E-state index in [1.165, 1.54) is 33.0 Å². The molecule has 0 aliphatic rings. The van der Waals surface area contributed by atoms with E-state index in [1.807, 2.05) is 25.1 Å². The van der Waals surface area contributed by atoms with E-state index in [2.05, 4.69) is 134 Å². The van der Waals surface area contributed by atoms with Crippen LogP contribution in [0.15, 0.2) is 103 Å². The first-order chi connectivity index (χ1) is 22.8. The lowest BCUT2D eigenvalue weighted by atomic mass is 9.94. The van der Waals surface area contributed by atoms with Crippen molar-refractivity contribution in [2.45, 2.75) is 34.6 Å². The van der Waals surface area contributed by atoms with Gasteiger partial charge in [-0.15, -0.1) is 0 Å². The zero-order valence-electron chi connectivity index (χ0n) is 27.1. The molecule has 8 rings (SSSR count). The minimum atomic E-state index is 0.589. The van der Waals surface area contributed by atoms with Gasteiger partial charge in [0.15, 0.2) is 0 Å². The van der Waals surface area contributed by atoms with Crippen LogP contribution in [0.3, 0.4) is 0 Å². The van der Waals surface area contributed by atoms with E-state index in [0.29, 0.717) is 11.1 Å². The van der Waals surface area contributed by atoms with E-state index in [1.54, 1.807) is 0 Å². The first-order valence-corrected chi connectivity index (χ1v) is 15.9. The molecule has 4 heteroatoms. The van der Waals surface area contributed by atoms with E-state index >= 15 is 0 Å². The third-order valence-corrected chi connectivity index (χ3v) is 9.53. The molecule has 4 nitrogen and oxygen atoms in total. The smallest absolute Gasteiger partial charge is 0.104 e. The first-order valence-electron chi connectivity index (χ1n) is 15.9. The summed E-state index contributed by atoms with van der Waals surface area (Å²) >= 11 is 0. The third-order valence-electron chi connectivity index (χ3n) is 9.53. The third kappa shape index (κ3) is 4.27. The van der Waals surface area contributed by atoms with E-state index < -0.39 is 0 Å². The molecule has 47 heavy (non-hydrogen) atoms. The van der Waals surface area contributed by atoms with E-state index in [-0.39, 0.29) is 0 Å². The van der Waals surface area contributed by atoms with Crippen molar-refractivity contribution in [2.24, 2.45) is 0 Å². The standard InChI is InChI=1S/C43H32N4/c1-25-6-13-38-33(18-25)34-19-26(2)7-14-39(34)46(38)42-17-12-32(31-11-10-30(23-44)22-29(31)5)43(37(42)24-45)47-40-15-8-27(3)20-35(40)36-21-28(4)9-16-41(36)47/h6-22H,1-5H3. The van der Waals surface area contributed by atoms with E-state index in [4.69, 9.17) is 0 Å². The fourth-order valence-corrected chi connectivity index (χ4v) is 7.36. The van der Waals surface area contributed by atoms with Crippen molar-refractivity contribution in [3.05, 3.63) is 142 Å². The predicted molar refractivity (Wildman–Crippen MR) is 194 cm³/mol. The van der Waals surface area contributed by atoms with Crippen LogP contribution in [0.25, 0.3) is 66.1 Å². The van der Waals surface area contributed by atoms with Crippen LogP contribution in [0.4, 0.5) is 0 Å². The number of hydrogen-bond acceptors (Lipinski definition) is 2. The zero-order chi connectivity index (χ0) is 32.6. The molecule has 2 heterocycles. The van der Waals surface area contributed by atoms with Crippen LogP contribution >= 0.6 is 0 Å². The fraction of sp³-hybridized carbons (Fsp3) is 0.116. The second-order valence-corrected chi connectivity index (χ2v) is 12.9. The maximum absolute atomic E-state index is 11.3. The van der Waals surface area contributed by atoms with Crippen LogP contribution in [0.5, 0.6) is 0 Å². The maximum Gasteiger partial charge on any atom is 0.104 e. The molecule has 0 bridgehead atoms. The Hall–Kier alpha value is -6.10. The van der Waals surface area contributed by atoms with Gasteiger partial charge in [-0.25, -0.2) is 0 Å². The molecule has 0 spiro atoms. The number of aromatic nitrogens is 2. The van der Waals surface area contributed by atoms with Gasteiger partial charge < -0.3 is 9.13 Å². The molecule has 0 aliphatic heterocycles. The van der Waals surface area contributed by atoms with Crippen molar-refractivity contribution in [3.8, 4) is 34.6 Å². The second-order valence-electron chi connectivity index (χ2n) is 12.9. The van der Waals surface area contributed by atoms with Crippen LogP contribution in [0.1, 0.15) is 38.9 Å². The molecule has 0 atom stereocenters. The van der Waals surface area contributed by atoms with Crippen molar-refractivity contribution in [3.63, 3.8) is 0 Å². The van der Waals surface area contributed by atoms with Gasteiger partial charge in [0.1, 0.15) is 11.6 Å². The lowest BCUT2D eigenvalue weighted by Crippen LogP contribution is -2.07. The van der Waals surface area contributed by atoms with Gasteiger partial charge in [-0.2, -0.15) is 10.5 Å². The van der Waals surface area contributed by atoms with Gasteiger partial charge in [-0.3, -0.25) is 0 Å². The molecule has 0 unspecified atom stereocenters. The monoisotopic (exact) mass is 604 g/mol. The first kappa shape index (κ1) is 28.4. The Morgan fingerprint density at radius 2 is 0.894 bits per heavy atom. The van der Waals surface area contributed by atoms with E-state index in [9.17, 15) is 10.5 Å². The van der Waals surface area contributed by atoms with E-state index in [0.717, 1.165) is 60.9 Å². The van der Waals surface area contributed by atoms with Gasteiger partial charge in [-0.05, 0) is 112 Å². The van der Waals surface area contributed by atoms with Gasteiger partial charge in [-0.1, -0.05) is 58.7 Å².